The summed E-state index contributed by atoms with van der Waals surface area (Å²) in [5.74, 6) is -0.0355. The molecule has 4 unspecified atom stereocenters. The van der Waals surface area contributed by atoms with Crippen LogP contribution in [0.4, 0.5) is 8.78 Å². The summed E-state index contributed by atoms with van der Waals surface area (Å²) < 4.78 is 38.4. The van der Waals surface area contributed by atoms with E-state index >= 15 is 0 Å². The van der Waals surface area contributed by atoms with E-state index in [1.165, 1.54) is 64.2 Å². The second-order valence-corrected chi connectivity index (χ2v) is 9.87. The maximum Gasteiger partial charge on any atom is 0.314 e. The molecule has 0 heterocycles. The van der Waals surface area contributed by atoms with Gasteiger partial charge < -0.3 is 9.47 Å². The van der Waals surface area contributed by atoms with Crippen LogP contribution in [0.1, 0.15) is 71.1 Å². The zero-order valence-corrected chi connectivity index (χ0v) is 18.2. The van der Waals surface area contributed by atoms with Gasteiger partial charge in [-0.3, -0.25) is 4.79 Å². The van der Waals surface area contributed by atoms with Gasteiger partial charge in [0.15, 0.2) is 11.5 Å². The number of halogens is 2. The molecule has 0 aromatic heterocycles. The summed E-state index contributed by atoms with van der Waals surface area (Å²) in [7, 11) is 1.27. The maximum absolute atomic E-state index is 14.3. The van der Waals surface area contributed by atoms with Gasteiger partial charge in [0.1, 0.15) is 0 Å². The van der Waals surface area contributed by atoms with Crippen molar-refractivity contribution in [3.63, 3.8) is 0 Å². The number of fused-ring (bicyclic) bond motifs is 1. The lowest BCUT2D eigenvalue weighted by atomic mass is 9.59. The van der Waals surface area contributed by atoms with Gasteiger partial charge in [-0.05, 0) is 80.2 Å². The van der Waals surface area contributed by atoms with Crippen LogP contribution >= 0.6 is 0 Å². The first-order valence-electron chi connectivity index (χ1n) is 11.7. The standard InChI is InChI=1S/C25H34F2O3/c1-15-6-8-16(9-7-15)17-10-11-19-18(14-17)4-3-5-20(19)25(28)30-22-13-12-21(29-2)23(26)24(22)27/h12-13,15-20H,3-11,14H2,1-2H3. The molecule has 3 nitrogen and oxygen atoms in total. The lowest BCUT2D eigenvalue weighted by Crippen LogP contribution is -2.40. The Labute approximate surface area is 178 Å². The van der Waals surface area contributed by atoms with Crippen molar-refractivity contribution in [3.8, 4) is 11.5 Å². The number of hydrogen-bond donors (Lipinski definition) is 0. The van der Waals surface area contributed by atoms with Gasteiger partial charge in [-0.2, -0.15) is 8.78 Å². The van der Waals surface area contributed by atoms with Crippen LogP contribution in [0.25, 0.3) is 0 Å². The Hall–Kier alpha value is -1.65. The minimum absolute atomic E-state index is 0.194. The summed E-state index contributed by atoms with van der Waals surface area (Å²) in [6, 6.07) is 2.57. The molecule has 1 aromatic carbocycles. The molecule has 0 spiro atoms. The van der Waals surface area contributed by atoms with Gasteiger partial charge in [0.2, 0.25) is 11.6 Å². The van der Waals surface area contributed by atoms with Crippen LogP contribution in [-0.4, -0.2) is 13.1 Å². The number of carbonyl (C=O) groups is 1. The first kappa shape index (κ1) is 21.6. The van der Waals surface area contributed by atoms with E-state index in [4.69, 9.17) is 9.47 Å². The summed E-state index contributed by atoms with van der Waals surface area (Å²) in [5.41, 5.74) is 0. The molecular weight excluding hydrogens is 386 g/mol. The van der Waals surface area contributed by atoms with Gasteiger partial charge in [0.25, 0.3) is 0 Å². The van der Waals surface area contributed by atoms with Crippen LogP contribution in [0.3, 0.4) is 0 Å². The number of rotatable bonds is 4. The number of benzene rings is 1. The van der Waals surface area contributed by atoms with Crippen molar-refractivity contribution >= 4 is 5.97 Å². The van der Waals surface area contributed by atoms with Crippen molar-refractivity contribution < 1.29 is 23.0 Å². The molecule has 0 amide bonds. The van der Waals surface area contributed by atoms with Crippen molar-refractivity contribution in [2.45, 2.75) is 71.1 Å². The second-order valence-electron chi connectivity index (χ2n) is 9.87. The normalized spacial score (nSPS) is 34.1. The number of methoxy groups -OCH3 is 1. The van der Waals surface area contributed by atoms with E-state index in [9.17, 15) is 13.6 Å². The third-order valence-electron chi connectivity index (χ3n) is 8.16. The molecule has 0 radical (unpaired) electrons. The smallest absolute Gasteiger partial charge is 0.314 e. The molecule has 30 heavy (non-hydrogen) atoms. The van der Waals surface area contributed by atoms with E-state index in [1.54, 1.807) is 0 Å². The van der Waals surface area contributed by atoms with E-state index < -0.39 is 17.6 Å². The summed E-state index contributed by atoms with van der Waals surface area (Å²) in [6.07, 6.45) is 11.9. The monoisotopic (exact) mass is 420 g/mol. The first-order chi connectivity index (χ1) is 14.5. The fourth-order valence-corrected chi connectivity index (χ4v) is 6.41. The zero-order valence-electron chi connectivity index (χ0n) is 18.2. The molecule has 0 N–H and O–H groups in total. The highest BCUT2D eigenvalue weighted by Crippen LogP contribution is 2.50. The predicted molar refractivity (Wildman–Crippen MR) is 111 cm³/mol. The minimum atomic E-state index is -1.16. The Morgan fingerprint density at radius 2 is 1.53 bits per heavy atom. The SMILES string of the molecule is COc1ccc(OC(=O)C2CCCC3CC(C4CCC(C)CC4)CCC32)c(F)c1F. The number of ether oxygens (including phenoxy) is 2. The van der Waals surface area contributed by atoms with E-state index in [-0.39, 0.29) is 17.4 Å². The van der Waals surface area contributed by atoms with Crippen molar-refractivity contribution in [3.05, 3.63) is 23.8 Å². The largest absolute Gasteiger partial charge is 0.494 e. The lowest BCUT2D eigenvalue weighted by Gasteiger charge is -2.45. The summed E-state index contributed by atoms with van der Waals surface area (Å²) in [6.45, 7) is 2.36. The summed E-state index contributed by atoms with van der Waals surface area (Å²) in [5, 5.41) is 0. The highest BCUT2D eigenvalue weighted by atomic mass is 19.2. The Balaban J connectivity index is 1.40. The molecule has 4 atom stereocenters. The fraction of sp³-hybridized carbons (Fsp3) is 0.720. The Morgan fingerprint density at radius 1 is 0.867 bits per heavy atom. The van der Waals surface area contributed by atoms with Gasteiger partial charge in [0.05, 0.1) is 13.0 Å². The molecular formula is C25H34F2O3. The average Bonchev–Trinajstić information content (AvgIpc) is 2.76. The molecule has 3 aliphatic carbocycles. The van der Waals surface area contributed by atoms with Gasteiger partial charge in [-0.15, -0.1) is 0 Å². The van der Waals surface area contributed by atoms with E-state index in [1.807, 2.05) is 0 Å². The summed E-state index contributed by atoms with van der Waals surface area (Å²) in [4.78, 5) is 12.9. The van der Waals surface area contributed by atoms with E-state index in [0.29, 0.717) is 11.8 Å². The third kappa shape index (κ3) is 4.36. The molecule has 0 aliphatic heterocycles. The van der Waals surface area contributed by atoms with Crippen LogP contribution in [0, 0.1) is 47.1 Å². The van der Waals surface area contributed by atoms with E-state index in [2.05, 4.69) is 6.92 Å². The fourth-order valence-electron chi connectivity index (χ4n) is 6.41. The predicted octanol–water partition coefficient (Wildman–Crippen LogP) is 6.54. The first-order valence-corrected chi connectivity index (χ1v) is 11.7. The maximum atomic E-state index is 14.3. The average molecular weight is 421 g/mol. The molecule has 166 valence electrons. The molecule has 0 saturated heterocycles. The van der Waals surface area contributed by atoms with Crippen LogP contribution < -0.4 is 9.47 Å². The Bertz CT molecular complexity index is 757. The van der Waals surface area contributed by atoms with Crippen molar-refractivity contribution in [2.75, 3.05) is 7.11 Å². The van der Waals surface area contributed by atoms with E-state index in [0.717, 1.165) is 37.0 Å². The molecule has 4 rings (SSSR count). The zero-order chi connectivity index (χ0) is 21.3. The topological polar surface area (TPSA) is 35.5 Å². The van der Waals surface area contributed by atoms with Crippen molar-refractivity contribution in [1.82, 2.24) is 0 Å². The van der Waals surface area contributed by atoms with Crippen LogP contribution in [0.15, 0.2) is 12.1 Å². The Morgan fingerprint density at radius 3 is 2.27 bits per heavy atom. The van der Waals surface area contributed by atoms with Gasteiger partial charge in [-0.25, -0.2) is 0 Å². The summed E-state index contributed by atoms with van der Waals surface area (Å²) >= 11 is 0. The Kier molecular flexibility index (Phi) is 6.64. The molecule has 0 bridgehead atoms. The van der Waals surface area contributed by atoms with Crippen LogP contribution in [0.5, 0.6) is 11.5 Å². The highest BCUT2D eigenvalue weighted by Gasteiger charge is 2.43. The molecule has 3 saturated carbocycles. The van der Waals surface area contributed by atoms with Crippen molar-refractivity contribution in [1.29, 1.82) is 0 Å². The minimum Gasteiger partial charge on any atom is -0.494 e. The second kappa shape index (κ2) is 9.23. The lowest BCUT2D eigenvalue weighted by molar-refractivity contribution is -0.144. The molecule has 3 fully saturated rings. The van der Waals surface area contributed by atoms with Gasteiger partial charge in [-0.1, -0.05) is 32.6 Å². The highest BCUT2D eigenvalue weighted by molar-refractivity contribution is 5.75. The number of esters is 1. The quantitative estimate of drug-likeness (QED) is 0.410. The van der Waals surface area contributed by atoms with Gasteiger partial charge >= 0.3 is 5.97 Å². The number of carbonyl (C=O) groups excluding carboxylic acids is 1. The van der Waals surface area contributed by atoms with Crippen LogP contribution in [0.2, 0.25) is 0 Å². The molecule has 3 aliphatic rings. The molecule has 5 heteroatoms. The number of hydrogen-bond acceptors (Lipinski definition) is 3. The van der Waals surface area contributed by atoms with Crippen molar-refractivity contribution in [2.24, 2.45) is 35.5 Å². The third-order valence-corrected chi connectivity index (χ3v) is 8.16. The van der Waals surface area contributed by atoms with Gasteiger partial charge in [0, 0.05) is 0 Å². The van der Waals surface area contributed by atoms with Crippen LogP contribution in [-0.2, 0) is 4.79 Å². The molecule has 1 aromatic rings.